The molecular weight excluding hydrogens is 544 g/mol. The number of carbonyl (C=O) groups is 1. The monoisotopic (exact) mass is 571 g/mol. The molecule has 10 nitrogen and oxygen atoms in total. The zero-order valence-electron chi connectivity index (χ0n) is 22.6. The highest BCUT2D eigenvalue weighted by atomic mass is 19.1. The minimum absolute atomic E-state index is 0.0645. The number of H-pyrrole nitrogens is 1. The van der Waals surface area contributed by atoms with Crippen LogP contribution in [0.1, 0.15) is 23.2 Å². The molecule has 1 amide bonds. The summed E-state index contributed by atoms with van der Waals surface area (Å²) in [6.07, 6.45) is 4.95. The molecule has 4 heterocycles. The number of likely N-dealkylation sites (tertiary alicyclic amines) is 1. The average molecular weight is 572 g/mol. The van der Waals surface area contributed by atoms with E-state index in [1.54, 1.807) is 12.3 Å². The number of amides is 1. The molecule has 3 N–H and O–H groups in total. The first-order valence-corrected chi connectivity index (χ1v) is 13.4. The third-order valence-corrected chi connectivity index (χ3v) is 7.19. The number of hydrogen-bond donors (Lipinski definition) is 3. The lowest BCUT2D eigenvalue weighted by Gasteiger charge is -2.29. The predicted octanol–water partition coefficient (Wildman–Crippen LogP) is 4.94. The highest BCUT2D eigenvalue weighted by Crippen LogP contribution is 2.35. The lowest BCUT2D eigenvalue weighted by molar-refractivity contribution is 0.102. The number of anilines is 2. The number of pyridine rings is 2. The van der Waals surface area contributed by atoms with Crippen LogP contribution in [0.2, 0.25) is 0 Å². The minimum atomic E-state index is -0.720. The van der Waals surface area contributed by atoms with Crippen LogP contribution in [0.4, 0.5) is 20.3 Å². The Labute approximate surface area is 239 Å². The molecule has 1 saturated heterocycles. The number of carbonyl (C=O) groups excluding carboxylic acids is 1. The van der Waals surface area contributed by atoms with Gasteiger partial charge < -0.3 is 20.3 Å². The highest BCUT2D eigenvalue weighted by molar-refractivity contribution is 6.04. The Bertz CT molecular complexity index is 1810. The molecule has 0 atom stereocenters. The quantitative estimate of drug-likeness (QED) is 0.253. The zero-order chi connectivity index (χ0) is 29.2. The van der Waals surface area contributed by atoms with Gasteiger partial charge in [0.05, 0.1) is 0 Å². The molecule has 0 bridgehead atoms. The van der Waals surface area contributed by atoms with Crippen molar-refractivity contribution in [1.29, 1.82) is 0 Å². The summed E-state index contributed by atoms with van der Waals surface area (Å²) in [5.74, 6) is -0.999. The molecule has 0 unspecified atom stereocenters. The summed E-state index contributed by atoms with van der Waals surface area (Å²) in [6, 6.07) is 14.0. The molecule has 214 valence electrons. The first kappa shape index (κ1) is 27.1. The van der Waals surface area contributed by atoms with E-state index in [2.05, 4.69) is 37.8 Å². The van der Waals surface area contributed by atoms with Crippen LogP contribution < -0.4 is 20.9 Å². The molecule has 5 aromatic rings. The van der Waals surface area contributed by atoms with E-state index in [9.17, 15) is 14.0 Å². The fraction of sp³-hybridized carbons (Fsp3) is 0.200. The third kappa shape index (κ3) is 5.56. The van der Waals surface area contributed by atoms with Crippen molar-refractivity contribution in [2.45, 2.75) is 18.9 Å². The van der Waals surface area contributed by atoms with E-state index in [0.717, 1.165) is 32.0 Å². The minimum Gasteiger partial charge on any atom is -0.453 e. The first-order chi connectivity index (χ1) is 20.4. The van der Waals surface area contributed by atoms with E-state index in [4.69, 9.17) is 4.74 Å². The normalized spacial score (nSPS) is 14.2. The van der Waals surface area contributed by atoms with Gasteiger partial charge in [-0.2, -0.15) is 5.10 Å². The van der Waals surface area contributed by atoms with E-state index in [1.165, 1.54) is 59.3 Å². The van der Waals surface area contributed by atoms with Crippen molar-refractivity contribution in [2.75, 3.05) is 30.8 Å². The fourth-order valence-corrected chi connectivity index (χ4v) is 4.91. The molecule has 0 aliphatic carbocycles. The SMILES string of the molecule is CN1CCC(Nc2n[nH]c3nccc(Oc4ccc(NC(=O)c5cccn(-c6ccc(F)cc6)c5=O)cc4F)c23)CC1. The number of aromatic amines is 1. The van der Waals surface area contributed by atoms with Gasteiger partial charge in [0, 0.05) is 41.9 Å². The van der Waals surface area contributed by atoms with E-state index in [0.29, 0.717) is 28.3 Å². The zero-order valence-corrected chi connectivity index (χ0v) is 22.6. The Hall–Kier alpha value is -5.10. The van der Waals surface area contributed by atoms with Crippen LogP contribution in [-0.4, -0.2) is 56.7 Å². The van der Waals surface area contributed by atoms with Crippen molar-refractivity contribution in [3.8, 4) is 17.2 Å². The van der Waals surface area contributed by atoms with Crippen LogP contribution in [0.3, 0.4) is 0 Å². The second-order valence-electron chi connectivity index (χ2n) is 10.1. The van der Waals surface area contributed by atoms with Gasteiger partial charge in [0.25, 0.3) is 11.5 Å². The smallest absolute Gasteiger partial charge is 0.267 e. The van der Waals surface area contributed by atoms with E-state index < -0.39 is 23.1 Å². The summed E-state index contributed by atoms with van der Waals surface area (Å²) in [5.41, 5.74) is 0.270. The van der Waals surface area contributed by atoms with Crippen LogP contribution in [-0.2, 0) is 0 Å². The number of benzene rings is 2. The number of aromatic nitrogens is 4. The van der Waals surface area contributed by atoms with Crippen molar-refractivity contribution in [3.63, 3.8) is 0 Å². The van der Waals surface area contributed by atoms with E-state index in [-0.39, 0.29) is 23.0 Å². The van der Waals surface area contributed by atoms with E-state index >= 15 is 4.39 Å². The van der Waals surface area contributed by atoms with Crippen molar-refractivity contribution in [2.24, 2.45) is 0 Å². The molecule has 6 rings (SSSR count). The summed E-state index contributed by atoms with van der Waals surface area (Å²) in [6.45, 7) is 1.95. The number of nitrogens with zero attached hydrogens (tertiary/aromatic N) is 4. The van der Waals surface area contributed by atoms with Crippen molar-refractivity contribution in [3.05, 3.63) is 101 Å². The van der Waals surface area contributed by atoms with Gasteiger partial charge in [-0.05, 0) is 81.5 Å². The van der Waals surface area contributed by atoms with Gasteiger partial charge in [0.15, 0.2) is 23.0 Å². The number of piperidine rings is 1. The van der Waals surface area contributed by atoms with Gasteiger partial charge in [-0.1, -0.05) is 0 Å². The van der Waals surface area contributed by atoms with Crippen LogP contribution in [0.25, 0.3) is 16.7 Å². The Morgan fingerprint density at radius 1 is 1.05 bits per heavy atom. The predicted molar refractivity (Wildman–Crippen MR) is 154 cm³/mol. The Morgan fingerprint density at radius 3 is 2.60 bits per heavy atom. The lowest BCUT2D eigenvalue weighted by Crippen LogP contribution is -2.36. The van der Waals surface area contributed by atoms with Gasteiger partial charge in [0.2, 0.25) is 0 Å². The first-order valence-electron chi connectivity index (χ1n) is 13.4. The fourth-order valence-electron chi connectivity index (χ4n) is 4.91. The maximum absolute atomic E-state index is 15.2. The number of hydrogen-bond acceptors (Lipinski definition) is 7. The molecule has 1 aliphatic rings. The van der Waals surface area contributed by atoms with Crippen LogP contribution in [0, 0.1) is 11.6 Å². The molecular formula is C30H27F2N7O3. The molecule has 0 radical (unpaired) electrons. The van der Waals surface area contributed by atoms with Gasteiger partial charge in [0.1, 0.15) is 22.5 Å². The highest BCUT2D eigenvalue weighted by Gasteiger charge is 2.21. The van der Waals surface area contributed by atoms with Gasteiger partial charge in [-0.15, -0.1) is 0 Å². The maximum atomic E-state index is 15.2. The number of nitrogens with one attached hydrogen (secondary N) is 3. The van der Waals surface area contributed by atoms with Crippen LogP contribution in [0.5, 0.6) is 11.5 Å². The van der Waals surface area contributed by atoms with Crippen molar-refractivity contribution in [1.82, 2.24) is 24.6 Å². The van der Waals surface area contributed by atoms with Crippen molar-refractivity contribution < 1.29 is 18.3 Å². The molecule has 3 aromatic heterocycles. The number of halogens is 2. The average Bonchev–Trinajstić information content (AvgIpc) is 3.40. The molecule has 1 fully saturated rings. The third-order valence-electron chi connectivity index (χ3n) is 7.19. The van der Waals surface area contributed by atoms with Crippen LogP contribution in [0.15, 0.2) is 77.9 Å². The molecule has 1 aliphatic heterocycles. The Kier molecular flexibility index (Phi) is 7.36. The Balaban J connectivity index is 1.20. The summed E-state index contributed by atoms with van der Waals surface area (Å²) >= 11 is 0. The van der Waals surface area contributed by atoms with Crippen molar-refractivity contribution >= 4 is 28.4 Å². The van der Waals surface area contributed by atoms with Gasteiger partial charge >= 0.3 is 0 Å². The topological polar surface area (TPSA) is 117 Å². The standard InChI is InChI=1S/C30H27F2N7O3/c1-38-15-11-19(12-16-38)34-28-26-25(10-13-33-27(26)36-37-28)42-24-9-6-20(17-23(24)32)35-29(40)22-3-2-14-39(30(22)41)21-7-4-18(31)5-8-21/h2-10,13-14,17,19H,11-12,15-16H2,1H3,(H,35,40)(H2,33,34,36,37). The maximum Gasteiger partial charge on any atom is 0.267 e. The number of fused-ring (bicyclic) bond motifs is 1. The second kappa shape index (κ2) is 11.4. The van der Waals surface area contributed by atoms with Gasteiger partial charge in [-0.25, -0.2) is 13.8 Å². The number of ether oxygens (including phenoxy) is 1. The molecule has 42 heavy (non-hydrogen) atoms. The largest absolute Gasteiger partial charge is 0.453 e. The molecule has 2 aromatic carbocycles. The summed E-state index contributed by atoms with van der Waals surface area (Å²) in [4.78, 5) is 32.5. The molecule has 0 spiro atoms. The number of rotatable bonds is 7. The summed E-state index contributed by atoms with van der Waals surface area (Å²) in [5, 5.41) is 13.9. The van der Waals surface area contributed by atoms with Crippen LogP contribution >= 0.6 is 0 Å². The summed E-state index contributed by atoms with van der Waals surface area (Å²) in [7, 11) is 2.09. The van der Waals surface area contributed by atoms with E-state index in [1.807, 2.05) is 0 Å². The molecule has 12 heteroatoms. The lowest BCUT2D eigenvalue weighted by atomic mass is 10.1. The van der Waals surface area contributed by atoms with Gasteiger partial charge in [-0.3, -0.25) is 19.3 Å². The molecule has 0 saturated carbocycles. The second-order valence-corrected chi connectivity index (χ2v) is 10.1. The summed E-state index contributed by atoms with van der Waals surface area (Å²) < 4.78 is 35.7. The Morgan fingerprint density at radius 2 is 1.83 bits per heavy atom.